The van der Waals surface area contributed by atoms with Crippen LogP contribution in [0.25, 0.3) is 0 Å². The molecule has 1 unspecified atom stereocenters. The quantitative estimate of drug-likeness (QED) is 0.848. The van der Waals surface area contributed by atoms with E-state index in [1.54, 1.807) is 4.57 Å². The SMILES string of the molecule is CCCc1cc2c(c(=O)n1CC)C(c1ccc(C(C)C)cc1)C(C#N)=C(N)O2. The molecule has 1 aliphatic heterocycles. The first kappa shape index (κ1) is 19.8. The predicted octanol–water partition coefficient (Wildman–Crippen LogP) is 4.16. The number of hydrogen-bond acceptors (Lipinski definition) is 4. The predicted molar refractivity (Wildman–Crippen MR) is 110 cm³/mol. The zero-order chi connectivity index (χ0) is 20.4. The van der Waals surface area contributed by atoms with Crippen molar-refractivity contribution in [2.45, 2.75) is 58.9 Å². The molecule has 5 nitrogen and oxygen atoms in total. The van der Waals surface area contributed by atoms with Gasteiger partial charge in [-0.3, -0.25) is 4.79 Å². The molecule has 0 spiro atoms. The van der Waals surface area contributed by atoms with Crippen molar-refractivity contribution in [3.05, 3.63) is 74.5 Å². The maximum absolute atomic E-state index is 13.4. The van der Waals surface area contributed by atoms with Crippen LogP contribution in [0, 0.1) is 11.3 Å². The van der Waals surface area contributed by atoms with Crippen molar-refractivity contribution in [2.24, 2.45) is 5.73 Å². The van der Waals surface area contributed by atoms with Gasteiger partial charge in [0, 0.05) is 18.3 Å². The lowest BCUT2D eigenvalue weighted by Crippen LogP contribution is -2.33. The van der Waals surface area contributed by atoms with E-state index in [1.807, 2.05) is 37.3 Å². The molecule has 0 amide bonds. The average molecular weight is 377 g/mol. The Balaban J connectivity index is 2.25. The Morgan fingerprint density at radius 2 is 1.93 bits per heavy atom. The Morgan fingerprint density at radius 3 is 2.46 bits per heavy atom. The second kappa shape index (κ2) is 7.93. The number of nitrogens with two attached hydrogens (primary N) is 1. The summed E-state index contributed by atoms with van der Waals surface area (Å²) in [6, 6.07) is 12.1. The van der Waals surface area contributed by atoms with Crippen LogP contribution in [0.2, 0.25) is 0 Å². The largest absolute Gasteiger partial charge is 0.440 e. The second-order valence-electron chi connectivity index (χ2n) is 7.46. The van der Waals surface area contributed by atoms with E-state index in [0.29, 0.717) is 23.8 Å². The number of aryl methyl sites for hydroxylation is 1. The number of nitriles is 1. The number of pyridine rings is 1. The highest BCUT2D eigenvalue weighted by molar-refractivity contribution is 5.55. The molecule has 0 saturated heterocycles. The summed E-state index contributed by atoms with van der Waals surface area (Å²) in [5.41, 5.74) is 9.75. The van der Waals surface area contributed by atoms with Gasteiger partial charge in [-0.25, -0.2) is 0 Å². The molecule has 0 saturated carbocycles. The molecular formula is C23H27N3O2. The molecule has 2 heterocycles. The van der Waals surface area contributed by atoms with Gasteiger partial charge >= 0.3 is 0 Å². The minimum Gasteiger partial charge on any atom is -0.440 e. The molecule has 1 aromatic carbocycles. The van der Waals surface area contributed by atoms with Crippen molar-refractivity contribution in [1.82, 2.24) is 4.57 Å². The third-order valence-corrected chi connectivity index (χ3v) is 5.33. The number of allylic oxidation sites excluding steroid dienone is 1. The van der Waals surface area contributed by atoms with Crippen molar-refractivity contribution in [1.29, 1.82) is 5.26 Å². The van der Waals surface area contributed by atoms with Crippen LogP contribution in [0.15, 0.2) is 46.6 Å². The van der Waals surface area contributed by atoms with E-state index in [9.17, 15) is 10.1 Å². The summed E-state index contributed by atoms with van der Waals surface area (Å²) in [5, 5.41) is 9.74. The highest BCUT2D eigenvalue weighted by Gasteiger charge is 2.34. The summed E-state index contributed by atoms with van der Waals surface area (Å²) in [6.45, 7) is 8.87. The van der Waals surface area contributed by atoms with E-state index in [2.05, 4.69) is 26.8 Å². The second-order valence-corrected chi connectivity index (χ2v) is 7.46. The number of aromatic nitrogens is 1. The van der Waals surface area contributed by atoms with Crippen molar-refractivity contribution in [3.8, 4) is 11.8 Å². The molecular weight excluding hydrogens is 350 g/mol. The molecule has 2 N–H and O–H groups in total. The van der Waals surface area contributed by atoms with E-state index in [0.717, 1.165) is 24.1 Å². The van der Waals surface area contributed by atoms with Gasteiger partial charge < -0.3 is 15.0 Å². The fourth-order valence-corrected chi connectivity index (χ4v) is 3.83. The summed E-state index contributed by atoms with van der Waals surface area (Å²) in [4.78, 5) is 13.4. The van der Waals surface area contributed by atoms with Crippen LogP contribution in [-0.2, 0) is 13.0 Å². The van der Waals surface area contributed by atoms with Crippen molar-refractivity contribution in [2.75, 3.05) is 0 Å². The number of rotatable bonds is 5. The van der Waals surface area contributed by atoms with Gasteiger partial charge in [0.25, 0.3) is 5.56 Å². The lowest BCUT2D eigenvalue weighted by molar-refractivity contribution is 0.388. The molecule has 0 aliphatic carbocycles. The van der Waals surface area contributed by atoms with Crippen molar-refractivity contribution < 1.29 is 4.74 Å². The lowest BCUT2D eigenvalue weighted by Gasteiger charge is -2.27. The van der Waals surface area contributed by atoms with E-state index in [1.165, 1.54) is 5.56 Å². The first-order chi connectivity index (χ1) is 13.4. The van der Waals surface area contributed by atoms with Crippen LogP contribution < -0.4 is 16.0 Å². The average Bonchev–Trinajstić information content (AvgIpc) is 2.67. The van der Waals surface area contributed by atoms with Crippen LogP contribution in [0.1, 0.15) is 68.3 Å². The van der Waals surface area contributed by atoms with Crippen LogP contribution in [0.5, 0.6) is 5.75 Å². The van der Waals surface area contributed by atoms with Crippen LogP contribution in [0.3, 0.4) is 0 Å². The van der Waals surface area contributed by atoms with Gasteiger partial charge in [-0.15, -0.1) is 0 Å². The molecule has 2 aromatic rings. The Morgan fingerprint density at radius 1 is 1.25 bits per heavy atom. The maximum Gasteiger partial charge on any atom is 0.258 e. The molecule has 1 aliphatic rings. The smallest absolute Gasteiger partial charge is 0.258 e. The third kappa shape index (κ3) is 3.31. The zero-order valence-electron chi connectivity index (χ0n) is 17.0. The summed E-state index contributed by atoms with van der Waals surface area (Å²) < 4.78 is 7.51. The number of nitrogens with zero attached hydrogens (tertiary/aromatic N) is 2. The van der Waals surface area contributed by atoms with Crippen LogP contribution >= 0.6 is 0 Å². The molecule has 146 valence electrons. The third-order valence-electron chi connectivity index (χ3n) is 5.33. The number of ether oxygens (including phenoxy) is 1. The lowest BCUT2D eigenvalue weighted by atomic mass is 9.83. The topological polar surface area (TPSA) is 81.0 Å². The normalized spacial score (nSPS) is 15.9. The number of benzene rings is 1. The summed E-state index contributed by atoms with van der Waals surface area (Å²) in [6.07, 6.45) is 1.70. The molecule has 28 heavy (non-hydrogen) atoms. The standard InChI is InChI=1S/C23H27N3O2/c1-5-7-17-12-19-21(23(27)26(17)6-2)20(18(13-24)22(25)28-19)16-10-8-15(9-11-16)14(3)4/h8-12,14,20H,5-7,25H2,1-4H3. The maximum atomic E-state index is 13.4. The van der Waals surface area contributed by atoms with Crippen LogP contribution in [0.4, 0.5) is 0 Å². The van der Waals surface area contributed by atoms with Gasteiger partial charge in [-0.1, -0.05) is 51.5 Å². The fraction of sp³-hybridized carbons (Fsp3) is 0.391. The highest BCUT2D eigenvalue weighted by atomic mass is 16.5. The highest BCUT2D eigenvalue weighted by Crippen LogP contribution is 2.40. The molecule has 0 bridgehead atoms. The van der Waals surface area contributed by atoms with E-state index < -0.39 is 5.92 Å². The summed E-state index contributed by atoms with van der Waals surface area (Å²) in [7, 11) is 0. The zero-order valence-corrected chi connectivity index (χ0v) is 17.0. The molecule has 1 aromatic heterocycles. The number of fused-ring (bicyclic) bond motifs is 1. The van der Waals surface area contributed by atoms with Crippen molar-refractivity contribution >= 4 is 0 Å². The minimum absolute atomic E-state index is 0.0732. The van der Waals surface area contributed by atoms with Gasteiger partial charge in [0.1, 0.15) is 17.4 Å². The van der Waals surface area contributed by atoms with Gasteiger partial charge in [-0.05, 0) is 30.4 Å². The first-order valence-electron chi connectivity index (χ1n) is 9.86. The van der Waals surface area contributed by atoms with Crippen LogP contribution in [-0.4, -0.2) is 4.57 Å². The Bertz CT molecular complexity index is 1010. The van der Waals surface area contributed by atoms with Gasteiger partial charge in [0.05, 0.1) is 11.5 Å². The molecule has 0 fully saturated rings. The van der Waals surface area contributed by atoms with E-state index >= 15 is 0 Å². The summed E-state index contributed by atoms with van der Waals surface area (Å²) in [5.74, 6) is 0.425. The van der Waals surface area contributed by atoms with Gasteiger partial charge in [0.2, 0.25) is 5.88 Å². The molecule has 3 rings (SSSR count). The monoisotopic (exact) mass is 377 g/mol. The Labute approximate surface area is 166 Å². The minimum atomic E-state index is -0.518. The molecule has 0 radical (unpaired) electrons. The fourth-order valence-electron chi connectivity index (χ4n) is 3.83. The van der Waals surface area contributed by atoms with Crippen molar-refractivity contribution in [3.63, 3.8) is 0 Å². The summed E-state index contributed by atoms with van der Waals surface area (Å²) >= 11 is 0. The Kier molecular flexibility index (Phi) is 5.60. The van der Waals surface area contributed by atoms with Gasteiger partial charge in [0.15, 0.2) is 0 Å². The van der Waals surface area contributed by atoms with E-state index in [-0.39, 0.29) is 17.0 Å². The van der Waals surface area contributed by atoms with Gasteiger partial charge in [-0.2, -0.15) is 5.26 Å². The Hall–Kier alpha value is -3.00. The number of hydrogen-bond donors (Lipinski definition) is 1. The molecule has 5 heteroatoms. The van der Waals surface area contributed by atoms with E-state index in [4.69, 9.17) is 10.5 Å². The molecule has 1 atom stereocenters. The first-order valence-corrected chi connectivity index (χ1v) is 9.86.